The van der Waals surface area contributed by atoms with Crippen LogP contribution in [0.25, 0.3) is 0 Å². The minimum Gasteiger partial charge on any atom is -0.493 e. The molecular formula is C24H21BrN2O6. The maximum Gasteiger partial charge on any atom is 0.340 e. The zero-order valence-corrected chi connectivity index (χ0v) is 19.8. The van der Waals surface area contributed by atoms with Gasteiger partial charge in [-0.2, -0.15) is 5.10 Å². The van der Waals surface area contributed by atoms with Crippen molar-refractivity contribution in [2.75, 3.05) is 14.2 Å². The molecule has 1 N–H and O–H groups in total. The van der Waals surface area contributed by atoms with Crippen LogP contribution in [0.5, 0.6) is 17.2 Å². The Balaban J connectivity index is 1.68. The van der Waals surface area contributed by atoms with Crippen LogP contribution >= 0.6 is 15.9 Å². The molecule has 9 heteroatoms. The zero-order chi connectivity index (χ0) is 23.3. The Bertz CT molecular complexity index is 1280. The van der Waals surface area contributed by atoms with E-state index in [1.807, 2.05) is 37.3 Å². The van der Waals surface area contributed by atoms with Crippen molar-refractivity contribution >= 4 is 27.6 Å². The van der Waals surface area contributed by atoms with Crippen molar-refractivity contribution in [2.24, 2.45) is 5.10 Å². The molecule has 0 spiro atoms. The number of hydrogen-bond donors (Lipinski definition) is 1. The highest BCUT2D eigenvalue weighted by Crippen LogP contribution is 2.50. The molecular weight excluding hydrogens is 492 g/mol. The van der Waals surface area contributed by atoms with Gasteiger partial charge in [0.05, 0.1) is 20.3 Å². The van der Waals surface area contributed by atoms with Crippen LogP contribution in [0.15, 0.2) is 56.5 Å². The average Bonchev–Trinajstić information content (AvgIpc) is 3.44. The summed E-state index contributed by atoms with van der Waals surface area (Å²) in [7, 11) is 2.88. The molecule has 3 aromatic rings. The topological polar surface area (TPSA) is 93.7 Å². The maximum atomic E-state index is 12.3. The van der Waals surface area contributed by atoms with Gasteiger partial charge < -0.3 is 23.7 Å². The molecule has 0 amide bonds. The third-order valence-corrected chi connectivity index (χ3v) is 6.33. The molecule has 2 aliphatic rings. The molecule has 0 unspecified atom stereocenters. The van der Waals surface area contributed by atoms with Crippen molar-refractivity contribution < 1.29 is 28.5 Å². The van der Waals surface area contributed by atoms with Crippen LogP contribution in [0.4, 0.5) is 0 Å². The fourth-order valence-electron chi connectivity index (χ4n) is 4.37. The first-order valence-electron chi connectivity index (χ1n) is 10.3. The zero-order valence-electron chi connectivity index (χ0n) is 18.2. The van der Waals surface area contributed by atoms with E-state index in [-0.39, 0.29) is 17.4 Å². The molecule has 170 valence electrons. The Morgan fingerprint density at radius 2 is 1.97 bits per heavy atom. The van der Waals surface area contributed by atoms with Crippen LogP contribution < -0.4 is 14.2 Å². The number of hydrogen-bond acceptors (Lipinski definition) is 7. The van der Waals surface area contributed by atoms with Gasteiger partial charge in [0, 0.05) is 22.0 Å². The van der Waals surface area contributed by atoms with E-state index >= 15 is 0 Å². The molecule has 0 saturated heterocycles. The standard InChI is InChI=1S/C24H21BrN2O6/c1-12-4-7-19(32-12)16-11-17-15-10-13(25)5-8-18(15)33-23(27(17)26-16)14-6-9-20(30-2)22(31-3)21(14)24(28)29/h4-10,17,23H,11H2,1-3H3,(H,28,29)/t17-,23+/m0/s1. The highest BCUT2D eigenvalue weighted by molar-refractivity contribution is 9.10. The second-order valence-corrected chi connectivity index (χ2v) is 8.70. The number of furan rings is 1. The number of carboxylic acid groups (broad SMARTS) is 1. The smallest absolute Gasteiger partial charge is 0.340 e. The molecule has 0 saturated carbocycles. The summed E-state index contributed by atoms with van der Waals surface area (Å²) in [5, 5.41) is 16.7. The first-order chi connectivity index (χ1) is 15.9. The lowest BCUT2D eigenvalue weighted by Gasteiger charge is -2.38. The molecule has 0 fully saturated rings. The number of fused-ring (bicyclic) bond motifs is 3. The van der Waals surface area contributed by atoms with E-state index in [4.69, 9.17) is 23.7 Å². The summed E-state index contributed by atoms with van der Waals surface area (Å²) < 4.78 is 23.8. The van der Waals surface area contributed by atoms with Crippen molar-refractivity contribution in [3.8, 4) is 17.2 Å². The minimum absolute atomic E-state index is 0.0290. The van der Waals surface area contributed by atoms with Crippen LogP contribution in [0, 0.1) is 6.92 Å². The van der Waals surface area contributed by atoms with Crippen molar-refractivity contribution in [1.82, 2.24) is 5.01 Å². The first kappa shape index (κ1) is 21.4. The Hall–Kier alpha value is -3.46. The number of aromatic carboxylic acids is 1. The van der Waals surface area contributed by atoms with E-state index in [9.17, 15) is 9.90 Å². The van der Waals surface area contributed by atoms with Crippen molar-refractivity contribution in [3.63, 3.8) is 0 Å². The van der Waals surface area contributed by atoms with Crippen molar-refractivity contribution in [1.29, 1.82) is 0 Å². The average molecular weight is 513 g/mol. The predicted molar refractivity (Wildman–Crippen MR) is 123 cm³/mol. The fourth-order valence-corrected chi connectivity index (χ4v) is 4.75. The van der Waals surface area contributed by atoms with Gasteiger partial charge in [0.15, 0.2) is 11.5 Å². The fraction of sp³-hybridized carbons (Fsp3) is 0.250. The number of carbonyl (C=O) groups is 1. The summed E-state index contributed by atoms with van der Waals surface area (Å²) in [6, 6.07) is 12.8. The van der Waals surface area contributed by atoms with Crippen LogP contribution in [-0.4, -0.2) is 36.0 Å². The number of benzene rings is 2. The summed E-state index contributed by atoms with van der Waals surface area (Å²) in [6.07, 6.45) is -0.200. The van der Waals surface area contributed by atoms with E-state index in [0.717, 1.165) is 21.5 Å². The number of ether oxygens (including phenoxy) is 3. The van der Waals surface area contributed by atoms with Crippen LogP contribution in [0.1, 0.15) is 51.7 Å². The second-order valence-electron chi connectivity index (χ2n) is 7.78. The summed E-state index contributed by atoms with van der Waals surface area (Å²) in [5.74, 6) is 1.46. The third-order valence-electron chi connectivity index (χ3n) is 5.83. The molecule has 1 aromatic heterocycles. The van der Waals surface area contributed by atoms with E-state index in [1.54, 1.807) is 17.1 Å². The highest BCUT2D eigenvalue weighted by atomic mass is 79.9. The summed E-state index contributed by atoms with van der Waals surface area (Å²) in [6.45, 7) is 1.88. The molecule has 0 aliphatic carbocycles. The van der Waals surface area contributed by atoms with E-state index in [2.05, 4.69) is 15.9 Å². The van der Waals surface area contributed by atoms with Gasteiger partial charge in [-0.1, -0.05) is 15.9 Å². The Morgan fingerprint density at radius 3 is 2.64 bits per heavy atom. The number of hydrazone groups is 1. The molecule has 0 radical (unpaired) electrons. The Labute approximate surface area is 198 Å². The van der Waals surface area contributed by atoms with Gasteiger partial charge in [0.25, 0.3) is 0 Å². The molecule has 2 aromatic carbocycles. The number of rotatable bonds is 5. The van der Waals surface area contributed by atoms with Gasteiger partial charge in [-0.3, -0.25) is 0 Å². The van der Waals surface area contributed by atoms with Crippen LogP contribution in [0.2, 0.25) is 0 Å². The van der Waals surface area contributed by atoms with Gasteiger partial charge in [-0.05, 0) is 49.4 Å². The number of carboxylic acids is 1. The van der Waals surface area contributed by atoms with Gasteiger partial charge in [0.2, 0.25) is 6.23 Å². The highest BCUT2D eigenvalue weighted by Gasteiger charge is 2.43. The predicted octanol–water partition coefficient (Wildman–Crippen LogP) is 5.31. The Morgan fingerprint density at radius 1 is 1.15 bits per heavy atom. The third kappa shape index (κ3) is 3.52. The normalized spacial score (nSPS) is 18.8. The second kappa shape index (κ2) is 8.15. The molecule has 8 nitrogen and oxygen atoms in total. The van der Waals surface area contributed by atoms with Crippen LogP contribution in [-0.2, 0) is 0 Å². The molecule has 2 aliphatic heterocycles. The molecule has 0 bridgehead atoms. The number of halogens is 1. The lowest BCUT2D eigenvalue weighted by atomic mass is 9.96. The lowest BCUT2D eigenvalue weighted by Crippen LogP contribution is -2.34. The number of nitrogens with zero attached hydrogens (tertiary/aromatic N) is 2. The number of aryl methyl sites for hydroxylation is 1. The monoisotopic (exact) mass is 512 g/mol. The minimum atomic E-state index is -1.15. The number of methoxy groups -OCH3 is 2. The SMILES string of the molecule is COc1ccc([C@H]2Oc3ccc(Br)cc3[C@@H]3CC(c4ccc(C)o4)=NN23)c(C(=O)O)c1OC. The van der Waals surface area contributed by atoms with E-state index in [0.29, 0.717) is 29.2 Å². The van der Waals surface area contributed by atoms with Crippen molar-refractivity contribution in [3.05, 3.63) is 75.1 Å². The molecule has 2 atom stereocenters. The quantitative estimate of drug-likeness (QED) is 0.495. The van der Waals surface area contributed by atoms with E-state index < -0.39 is 12.2 Å². The van der Waals surface area contributed by atoms with Gasteiger partial charge in [-0.15, -0.1) is 0 Å². The largest absolute Gasteiger partial charge is 0.493 e. The van der Waals surface area contributed by atoms with Gasteiger partial charge in [-0.25, -0.2) is 9.80 Å². The van der Waals surface area contributed by atoms with Gasteiger partial charge in [0.1, 0.15) is 28.5 Å². The summed E-state index contributed by atoms with van der Waals surface area (Å²) in [4.78, 5) is 12.3. The van der Waals surface area contributed by atoms with E-state index in [1.165, 1.54) is 14.2 Å². The van der Waals surface area contributed by atoms with Crippen LogP contribution in [0.3, 0.4) is 0 Å². The summed E-state index contributed by atoms with van der Waals surface area (Å²) >= 11 is 3.54. The Kier molecular flexibility index (Phi) is 5.28. The first-order valence-corrected chi connectivity index (χ1v) is 11.1. The lowest BCUT2D eigenvalue weighted by molar-refractivity contribution is -0.0199. The summed E-state index contributed by atoms with van der Waals surface area (Å²) in [5.41, 5.74) is 2.12. The van der Waals surface area contributed by atoms with Gasteiger partial charge >= 0.3 is 5.97 Å². The molecule has 33 heavy (non-hydrogen) atoms. The molecule has 5 rings (SSSR count). The molecule has 3 heterocycles. The maximum absolute atomic E-state index is 12.3. The van der Waals surface area contributed by atoms with Crippen molar-refractivity contribution in [2.45, 2.75) is 25.6 Å².